The molecule has 32 heavy (non-hydrogen) atoms. The van der Waals surface area contributed by atoms with E-state index >= 15 is 0 Å². The van der Waals surface area contributed by atoms with Gasteiger partial charge in [0.1, 0.15) is 5.76 Å². The highest BCUT2D eigenvalue weighted by Gasteiger charge is 2.24. The summed E-state index contributed by atoms with van der Waals surface area (Å²) in [7, 11) is 1.60. The fourth-order valence-electron chi connectivity index (χ4n) is 3.42. The third-order valence-electron chi connectivity index (χ3n) is 5.07. The molecule has 1 unspecified atom stereocenters. The highest BCUT2D eigenvalue weighted by Crippen LogP contribution is 2.23. The van der Waals surface area contributed by atoms with Crippen LogP contribution in [0.2, 0.25) is 0 Å². The minimum Gasteiger partial charge on any atom is -0.468 e. The number of methoxy groups -OCH3 is 1. The number of nitrogens with two attached hydrogens (primary N) is 1. The van der Waals surface area contributed by atoms with Crippen LogP contribution in [0.25, 0.3) is 0 Å². The Balaban J connectivity index is 2.18. The fraction of sp³-hybridized carbons (Fsp3) is 0.400. The Bertz CT molecular complexity index is 856. The van der Waals surface area contributed by atoms with Crippen LogP contribution in [0.15, 0.2) is 69.9 Å². The van der Waals surface area contributed by atoms with Crippen LogP contribution < -0.4 is 11.1 Å². The van der Waals surface area contributed by atoms with E-state index < -0.39 is 5.91 Å². The van der Waals surface area contributed by atoms with E-state index in [1.54, 1.807) is 19.2 Å². The lowest BCUT2D eigenvalue weighted by molar-refractivity contribution is 0.01000. The first kappa shape index (κ1) is 25.2. The predicted octanol–water partition coefficient (Wildman–Crippen LogP) is 3.57. The van der Waals surface area contributed by atoms with Gasteiger partial charge in [0.05, 0.1) is 6.04 Å². The van der Waals surface area contributed by atoms with Crippen molar-refractivity contribution in [2.75, 3.05) is 20.4 Å². The van der Waals surface area contributed by atoms with Gasteiger partial charge in [0.25, 0.3) is 0 Å². The Hall–Kier alpha value is -3.03. The van der Waals surface area contributed by atoms with Crippen molar-refractivity contribution in [1.82, 2.24) is 5.32 Å². The average Bonchev–Trinajstić information content (AvgIpc) is 3.04. The molecule has 172 valence electrons. The first-order valence-electron chi connectivity index (χ1n) is 10.8. The van der Waals surface area contributed by atoms with Gasteiger partial charge < -0.3 is 20.5 Å². The standard InChI is InChI=1S/C25H34N4O3/c1-4-14-28-15-13-23(29-17-19-9-11-20(12-10-19)25(26)30)24(27-2)21-7-5-6-8-22(16-21)32-18-31-3/h5-6,8-12,14,16,23-24,29H,2,4,7,13,15,17-18H2,1,3H3,(H2,26,30)/b28-14-/t23?,24-/m0/s1. The zero-order chi connectivity index (χ0) is 23.2. The van der Waals surface area contributed by atoms with E-state index in [0.717, 1.165) is 36.2 Å². The molecule has 0 bridgehead atoms. The lowest BCUT2D eigenvalue weighted by atomic mass is 9.94. The summed E-state index contributed by atoms with van der Waals surface area (Å²) in [5, 5.41) is 3.61. The SMILES string of the molecule is C=N[C@@H](C1=CC(OCOC)=CC=CC1)C(CC/N=C\CC)NCc1ccc(C(N)=O)cc1. The number of allylic oxidation sites excluding steroid dienone is 4. The van der Waals surface area contributed by atoms with Crippen molar-refractivity contribution >= 4 is 18.8 Å². The zero-order valence-electron chi connectivity index (χ0n) is 19.0. The summed E-state index contributed by atoms with van der Waals surface area (Å²) in [4.78, 5) is 20.3. The second-order valence-electron chi connectivity index (χ2n) is 7.43. The van der Waals surface area contributed by atoms with Crippen molar-refractivity contribution in [1.29, 1.82) is 0 Å². The summed E-state index contributed by atoms with van der Waals surface area (Å²) < 4.78 is 10.7. The summed E-state index contributed by atoms with van der Waals surface area (Å²) in [6.45, 7) is 7.45. The van der Waals surface area contributed by atoms with E-state index in [9.17, 15) is 4.79 Å². The number of ether oxygens (including phenoxy) is 2. The normalized spacial score (nSPS) is 15.6. The zero-order valence-corrected chi connectivity index (χ0v) is 19.0. The number of hydrogen-bond donors (Lipinski definition) is 2. The van der Waals surface area contributed by atoms with E-state index in [1.165, 1.54) is 0 Å². The minimum atomic E-state index is -0.431. The lowest BCUT2D eigenvalue weighted by Gasteiger charge is -2.27. The lowest BCUT2D eigenvalue weighted by Crippen LogP contribution is -2.40. The molecule has 2 rings (SSSR count). The van der Waals surface area contributed by atoms with E-state index in [-0.39, 0.29) is 18.9 Å². The molecule has 0 aliphatic heterocycles. The van der Waals surface area contributed by atoms with Crippen LogP contribution in [-0.2, 0) is 16.0 Å². The Morgan fingerprint density at radius 1 is 1.34 bits per heavy atom. The van der Waals surface area contributed by atoms with Gasteiger partial charge in [-0.1, -0.05) is 31.2 Å². The summed E-state index contributed by atoms with van der Waals surface area (Å²) in [5.41, 5.74) is 8.00. The van der Waals surface area contributed by atoms with Crippen LogP contribution in [0.5, 0.6) is 0 Å². The third kappa shape index (κ3) is 8.24. The maximum Gasteiger partial charge on any atom is 0.248 e. The van der Waals surface area contributed by atoms with E-state index in [0.29, 0.717) is 18.7 Å². The Morgan fingerprint density at radius 2 is 2.12 bits per heavy atom. The molecule has 1 amide bonds. The second kappa shape index (κ2) is 14.1. The number of nitrogens with one attached hydrogen (secondary N) is 1. The largest absolute Gasteiger partial charge is 0.468 e. The molecule has 7 heteroatoms. The molecule has 7 nitrogen and oxygen atoms in total. The maximum absolute atomic E-state index is 11.3. The molecular formula is C25H34N4O3. The first-order valence-corrected chi connectivity index (χ1v) is 10.8. The summed E-state index contributed by atoms with van der Waals surface area (Å²) in [6.07, 6.45) is 12.4. The summed E-state index contributed by atoms with van der Waals surface area (Å²) in [5.74, 6) is 0.300. The molecule has 0 spiro atoms. The molecule has 1 aromatic carbocycles. The van der Waals surface area contributed by atoms with Gasteiger partial charge in [-0.25, -0.2) is 0 Å². The molecule has 0 radical (unpaired) electrons. The number of aliphatic imine (C=N–C) groups is 2. The van der Waals surface area contributed by atoms with Gasteiger partial charge in [0, 0.05) is 31.8 Å². The van der Waals surface area contributed by atoms with Gasteiger partial charge in [0.2, 0.25) is 5.91 Å². The predicted molar refractivity (Wildman–Crippen MR) is 130 cm³/mol. The van der Waals surface area contributed by atoms with Crippen LogP contribution in [0.4, 0.5) is 0 Å². The van der Waals surface area contributed by atoms with Gasteiger partial charge in [-0.05, 0) is 67.6 Å². The van der Waals surface area contributed by atoms with Gasteiger partial charge in [-0.2, -0.15) is 0 Å². The van der Waals surface area contributed by atoms with E-state index in [4.69, 9.17) is 15.2 Å². The minimum absolute atomic E-state index is 0.0266. The number of carbonyl (C=O) groups is 1. The van der Waals surface area contributed by atoms with Crippen LogP contribution in [0, 0.1) is 0 Å². The average molecular weight is 439 g/mol. The summed E-state index contributed by atoms with van der Waals surface area (Å²) >= 11 is 0. The van der Waals surface area contributed by atoms with Crippen molar-refractivity contribution in [3.05, 3.63) is 71.0 Å². The first-order chi connectivity index (χ1) is 15.6. The van der Waals surface area contributed by atoms with Gasteiger partial charge in [0.15, 0.2) is 6.79 Å². The molecule has 0 saturated carbocycles. The van der Waals surface area contributed by atoms with Gasteiger partial charge in [-0.3, -0.25) is 14.8 Å². The summed E-state index contributed by atoms with van der Waals surface area (Å²) in [6, 6.07) is 7.18. The molecular weight excluding hydrogens is 404 g/mol. The fourth-order valence-corrected chi connectivity index (χ4v) is 3.42. The molecule has 3 N–H and O–H groups in total. The van der Waals surface area contributed by atoms with Crippen molar-refractivity contribution in [3.63, 3.8) is 0 Å². The number of amides is 1. The number of benzene rings is 1. The van der Waals surface area contributed by atoms with Crippen LogP contribution in [0.3, 0.4) is 0 Å². The molecule has 0 heterocycles. The highest BCUT2D eigenvalue weighted by atomic mass is 16.7. The Morgan fingerprint density at radius 3 is 2.78 bits per heavy atom. The Labute approximate surface area is 190 Å². The van der Waals surface area contributed by atoms with Crippen molar-refractivity contribution in [2.45, 2.75) is 44.8 Å². The number of primary amides is 1. The van der Waals surface area contributed by atoms with Crippen molar-refractivity contribution in [3.8, 4) is 0 Å². The van der Waals surface area contributed by atoms with Crippen molar-refractivity contribution in [2.24, 2.45) is 15.7 Å². The van der Waals surface area contributed by atoms with Gasteiger partial charge >= 0.3 is 0 Å². The topological polar surface area (TPSA) is 98.3 Å². The third-order valence-corrected chi connectivity index (χ3v) is 5.07. The molecule has 1 aliphatic rings. The highest BCUT2D eigenvalue weighted by molar-refractivity contribution is 5.92. The maximum atomic E-state index is 11.3. The van der Waals surface area contributed by atoms with E-state index in [2.05, 4.69) is 35.0 Å². The molecule has 2 atom stereocenters. The number of nitrogens with zero attached hydrogens (tertiary/aromatic N) is 2. The van der Waals surface area contributed by atoms with E-state index in [1.807, 2.05) is 36.6 Å². The van der Waals surface area contributed by atoms with Crippen molar-refractivity contribution < 1.29 is 14.3 Å². The number of hydrogen-bond acceptors (Lipinski definition) is 6. The van der Waals surface area contributed by atoms with Gasteiger partial charge in [-0.15, -0.1) is 0 Å². The van der Waals surface area contributed by atoms with Crippen LogP contribution in [-0.4, -0.2) is 51.4 Å². The van der Waals surface area contributed by atoms with Crippen LogP contribution >= 0.6 is 0 Å². The smallest absolute Gasteiger partial charge is 0.248 e. The Kier molecular flexibility index (Phi) is 11.1. The molecule has 0 fully saturated rings. The molecule has 1 aromatic rings. The van der Waals surface area contributed by atoms with Crippen LogP contribution in [0.1, 0.15) is 42.1 Å². The monoisotopic (exact) mass is 438 g/mol. The number of rotatable bonds is 14. The molecule has 1 aliphatic carbocycles. The second-order valence-corrected chi connectivity index (χ2v) is 7.43. The molecule has 0 saturated heterocycles. The quantitative estimate of drug-likeness (QED) is 0.343. The number of carbonyl (C=O) groups excluding carboxylic acids is 1. The molecule has 0 aromatic heterocycles.